The molecule has 1 aliphatic carbocycles. The summed E-state index contributed by atoms with van der Waals surface area (Å²) < 4.78 is 0. The average Bonchev–Trinajstić information content (AvgIpc) is 2.29. The van der Waals surface area contributed by atoms with Gasteiger partial charge in [0.2, 0.25) is 5.91 Å². The Bertz CT molecular complexity index is 233. The fourth-order valence-corrected chi connectivity index (χ4v) is 1.91. The van der Waals surface area contributed by atoms with Gasteiger partial charge in [0, 0.05) is 12.0 Å². The first-order valence-corrected chi connectivity index (χ1v) is 5.80. The van der Waals surface area contributed by atoms with Crippen molar-refractivity contribution < 1.29 is 15.0 Å². The molecule has 0 unspecified atom stereocenters. The molecule has 16 heavy (non-hydrogen) atoms. The first-order chi connectivity index (χ1) is 7.50. The molecule has 0 spiro atoms. The molecule has 0 saturated heterocycles. The Balaban J connectivity index is 2.46. The molecule has 1 rings (SSSR count). The third kappa shape index (κ3) is 3.43. The van der Waals surface area contributed by atoms with Crippen LogP contribution >= 0.6 is 0 Å². The van der Waals surface area contributed by atoms with E-state index in [9.17, 15) is 4.79 Å². The van der Waals surface area contributed by atoms with E-state index >= 15 is 0 Å². The van der Waals surface area contributed by atoms with Crippen LogP contribution in [-0.2, 0) is 4.79 Å². The van der Waals surface area contributed by atoms with E-state index in [-0.39, 0.29) is 31.1 Å². The quantitative estimate of drug-likeness (QED) is 0.517. The minimum absolute atomic E-state index is 0.0303. The van der Waals surface area contributed by atoms with Crippen molar-refractivity contribution in [1.82, 2.24) is 5.32 Å². The number of nitrogens with two attached hydrogens (primary N) is 1. The van der Waals surface area contributed by atoms with Gasteiger partial charge in [-0.3, -0.25) is 4.79 Å². The van der Waals surface area contributed by atoms with Gasteiger partial charge in [-0.15, -0.1) is 0 Å². The van der Waals surface area contributed by atoms with Gasteiger partial charge in [0.25, 0.3) is 0 Å². The van der Waals surface area contributed by atoms with Crippen molar-refractivity contribution in [2.45, 2.75) is 44.2 Å². The van der Waals surface area contributed by atoms with Gasteiger partial charge in [-0.2, -0.15) is 0 Å². The molecule has 1 fully saturated rings. The van der Waals surface area contributed by atoms with Crippen LogP contribution in [0.15, 0.2) is 0 Å². The van der Waals surface area contributed by atoms with Crippen molar-refractivity contribution in [3.05, 3.63) is 0 Å². The van der Waals surface area contributed by atoms with Crippen LogP contribution in [0.3, 0.4) is 0 Å². The van der Waals surface area contributed by atoms with Crippen LogP contribution < -0.4 is 11.1 Å². The lowest BCUT2D eigenvalue weighted by molar-refractivity contribution is -0.129. The van der Waals surface area contributed by atoms with Crippen molar-refractivity contribution in [3.63, 3.8) is 0 Å². The monoisotopic (exact) mass is 230 g/mol. The lowest BCUT2D eigenvalue weighted by Gasteiger charge is -2.31. The minimum atomic E-state index is -0.920. The number of aliphatic hydroxyl groups excluding tert-OH is 2. The van der Waals surface area contributed by atoms with Gasteiger partial charge in [0.15, 0.2) is 0 Å². The van der Waals surface area contributed by atoms with E-state index in [0.717, 1.165) is 25.7 Å². The van der Waals surface area contributed by atoms with Gasteiger partial charge in [-0.25, -0.2) is 0 Å². The molecule has 0 aromatic carbocycles. The second kappa shape index (κ2) is 5.61. The molecule has 94 valence electrons. The minimum Gasteiger partial charge on any atom is -0.394 e. The smallest absolute Gasteiger partial charge is 0.223 e. The molecule has 0 aromatic rings. The molecule has 1 aliphatic rings. The fourth-order valence-electron chi connectivity index (χ4n) is 1.91. The van der Waals surface area contributed by atoms with Crippen molar-refractivity contribution in [2.75, 3.05) is 13.2 Å². The van der Waals surface area contributed by atoms with E-state index in [1.807, 2.05) is 0 Å². The standard InChI is InChI=1S/C11H22N2O3/c1-11(6-14,7-15)13-10(16)8-2-4-9(12)5-3-8/h8-9,14-15H,2-7,12H2,1H3,(H,13,16). The highest BCUT2D eigenvalue weighted by molar-refractivity contribution is 5.79. The largest absolute Gasteiger partial charge is 0.394 e. The average molecular weight is 230 g/mol. The lowest BCUT2D eigenvalue weighted by Crippen LogP contribution is -2.54. The fraction of sp³-hybridized carbons (Fsp3) is 0.909. The third-order valence-corrected chi connectivity index (χ3v) is 3.27. The highest BCUT2D eigenvalue weighted by Gasteiger charge is 2.30. The predicted molar refractivity (Wildman–Crippen MR) is 60.7 cm³/mol. The van der Waals surface area contributed by atoms with Gasteiger partial charge >= 0.3 is 0 Å². The van der Waals surface area contributed by atoms with Crippen molar-refractivity contribution in [3.8, 4) is 0 Å². The normalized spacial score (nSPS) is 26.5. The van der Waals surface area contributed by atoms with Gasteiger partial charge in [-0.1, -0.05) is 0 Å². The molecule has 5 nitrogen and oxygen atoms in total. The number of amides is 1. The zero-order chi connectivity index (χ0) is 12.2. The van der Waals surface area contributed by atoms with Gasteiger partial charge in [0.1, 0.15) is 0 Å². The van der Waals surface area contributed by atoms with Gasteiger partial charge in [-0.05, 0) is 32.6 Å². The van der Waals surface area contributed by atoms with Crippen molar-refractivity contribution >= 4 is 5.91 Å². The van der Waals surface area contributed by atoms with E-state index in [0.29, 0.717) is 0 Å². The molecular weight excluding hydrogens is 208 g/mol. The summed E-state index contributed by atoms with van der Waals surface area (Å²) in [5, 5.41) is 20.9. The van der Waals surface area contributed by atoms with Crippen LogP contribution in [0, 0.1) is 5.92 Å². The molecule has 1 amide bonds. The summed E-state index contributed by atoms with van der Waals surface area (Å²) in [6, 6.07) is 0.214. The van der Waals surface area contributed by atoms with Crippen LogP contribution in [0.4, 0.5) is 0 Å². The Kier molecular flexibility index (Phi) is 4.70. The summed E-state index contributed by atoms with van der Waals surface area (Å²) in [6.07, 6.45) is 3.32. The van der Waals surface area contributed by atoms with Crippen LogP contribution in [0.5, 0.6) is 0 Å². The SMILES string of the molecule is CC(CO)(CO)NC(=O)C1CCC(N)CC1. The van der Waals surface area contributed by atoms with Crippen LogP contribution in [-0.4, -0.2) is 40.9 Å². The molecule has 5 heteroatoms. The Labute approximate surface area is 96.0 Å². The number of aliphatic hydroxyl groups is 2. The summed E-state index contributed by atoms with van der Waals surface area (Å²) in [5.41, 5.74) is 4.84. The Morgan fingerprint density at radius 1 is 1.31 bits per heavy atom. The highest BCUT2D eigenvalue weighted by Crippen LogP contribution is 2.23. The summed E-state index contributed by atoms with van der Waals surface area (Å²) in [5.74, 6) is -0.116. The molecule has 0 radical (unpaired) electrons. The molecule has 0 bridgehead atoms. The molecular formula is C11H22N2O3. The zero-order valence-electron chi connectivity index (χ0n) is 9.78. The summed E-state index contributed by atoms with van der Waals surface area (Å²) >= 11 is 0. The number of hydrogen-bond donors (Lipinski definition) is 4. The Morgan fingerprint density at radius 2 is 1.81 bits per heavy atom. The van der Waals surface area contributed by atoms with Gasteiger partial charge in [0.05, 0.1) is 18.8 Å². The predicted octanol–water partition coefficient (Wildman–Crippen LogP) is -0.637. The third-order valence-electron chi connectivity index (χ3n) is 3.27. The first kappa shape index (κ1) is 13.4. The molecule has 0 heterocycles. The maximum atomic E-state index is 11.9. The Hall–Kier alpha value is -0.650. The lowest BCUT2D eigenvalue weighted by atomic mass is 9.85. The van der Waals surface area contributed by atoms with Crippen LogP contribution in [0.1, 0.15) is 32.6 Å². The number of nitrogens with one attached hydrogen (secondary N) is 1. The number of hydrogen-bond acceptors (Lipinski definition) is 4. The summed E-state index contributed by atoms with van der Waals surface area (Å²) in [6.45, 7) is 1.10. The number of carbonyl (C=O) groups is 1. The second-order valence-corrected chi connectivity index (χ2v) is 4.98. The maximum Gasteiger partial charge on any atom is 0.223 e. The molecule has 0 aliphatic heterocycles. The highest BCUT2D eigenvalue weighted by atomic mass is 16.3. The number of carbonyl (C=O) groups excluding carboxylic acids is 1. The topological polar surface area (TPSA) is 95.6 Å². The van der Waals surface area contributed by atoms with E-state index in [2.05, 4.69) is 5.32 Å². The summed E-state index contributed by atoms with van der Waals surface area (Å²) in [7, 11) is 0. The van der Waals surface area contributed by atoms with Crippen molar-refractivity contribution in [2.24, 2.45) is 11.7 Å². The second-order valence-electron chi connectivity index (χ2n) is 4.98. The molecule has 5 N–H and O–H groups in total. The zero-order valence-corrected chi connectivity index (χ0v) is 9.78. The maximum absolute atomic E-state index is 11.9. The molecule has 0 aromatic heterocycles. The first-order valence-electron chi connectivity index (χ1n) is 5.80. The van der Waals surface area contributed by atoms with E-state index in [1.54, 1.807) is 6.92 Å². The van der Waals surface area contributed by atoms with Crippen molar-refractivity contribution in [1.29, 1.82) is 0 Å². The number of rotatable bonds is 4. The Morgan fingerprint density at radius 3 is 2.25 bits per heavy atom. The molecule has 0 atom stereocenters. The van der Waals surface area contributed by atoms with Gasteiger partial charge < -0.3 is 21.3 Å². The van der Waals surface area contributed by atoms with E-state index in [1.165, 1.54) is 0 Å². The van der Waals surface area contributed by atoms with Crippen LogP contribution in [0.25, 0.3) is 0 Å². The summed E-state index contributed by atoms with van der Waals surface area (Å²) in [4.78, 5) is 11.9. The van der Waals surface area contributed by atoms with Crippen LogP contribution in [0.2, 0.25) is 0 Å². The van der Waals surface area contributed by atoms with E-state index in [4.69, 9.17) is 15.9 Å². The van der Waals surface area contributed by atoms with E-state index < -0.39 is 5.54 Å². The molecule has 1 saturated carbocycles.